The van der Waals surface area contributed by atoms with E-state index in [0.29, 0.717) is 5.56 Å². The first-order chi connectivity index (χ1) is 11.3. The van der Waals surface area contributed by atoms with Gasteiger partial charge in [0.1, 0.15) is 0 Å². The van der Waals surface area contributed by atoms with Gasteiger partial charge >= 0.3 is 0 Å². The van der Waals surface area contributed by atoms with Crippen molar-refractivity contribution >= 4 is 33.3 Å². The number of benzene rings is 2. The van der Waals surface area contributed by atoms with Crippen molar-refractivity contribution in [3.63, 3.8) is 0 Å². The summed E-state index contributed by atoms with van der Waals surface area (Å²) in [5.74, 6) is -2.64. The fraction of sp³-hybridized carbons (Fsp3) is 0.0625. The van der Waals surface area contributed by atoms with Gasteiger partial charge in [-0.05, 0) is 36.9 Å². The summed E-state index contributed by atoms with van der Waals surface area (Å²) in [4.78, 5) is 12.1. The molecule has 0 atom stereocenters. The molecule has 0 unspecified atom stereocenters. The van der Waals surface area contributed by atoms with Gasteiger partial charge in [-0.25, -0.2) is 21.9 Å². The van der Waals surface area contributed by atoms with Gasteiger partial charge in [-0.3, -0.25) is 4.79 Å². The summed E-state index contributed by atoms with van der Waals surface area (Å²) in [6, 6.07) is 7.76. The second kappa shape index (κ2) is 5.81. The number of rotatable bonds is 3. The lowest BCUT2D eigenvalue weighted by Crippen LogP contribution is -2.18. The van der Waals surface area contributed by atoms with Crippen molar-refractivity contribution in [2.45, 2.75) is 4.90 Å². The van der Waals surface area contributed by atoms with Crippen LogP contribution in [0.2, 0.25) is 0 Å². The third-order valence-electron chi connectivity index (χ3n) is 3.59. The van der Waals surface area contributed by atoms with Gasteiger partial charge in [0.05, 0.1) is 10.6 Å². The number of halogens is 2. The lowest BCUT2D eigenvalue weighted by atomic mass is 10.0. The van der Waals surface area contributed by atoms with Crippen LogP contribution >= 0.6 is 0 Å². The highest BCUT2D eigenvalue weighted by molar-refractivity contribution is 7.89. The average Bonchev–Trinajstić information content (AvgIpc) is 2.83. The van der Waals surface area contributed by atoms with Crippen molar-refractivity contribution in [2.75, 3.05) is 12.4 Å². The minimum Gasteiger partial charge on any atom is -0.321 e. The lowest BCUT2D eigenvalue weighted by Gasteiger charge is -2.04. The van der Waals surface area contributed by atoms with Crippen molar-refractivity contribution in [2.24, 2.45) is 0 Å². The molecule has 2 aromatic rings. The van der Waals surface area contributed by atoms with Crippen LogP contribution in [-0.2, 0) is 14.8 Å². The van der Waals surface area contributed by atoms with Crippen molar-refractivity contribution in [3.8, 4) is 0 Å². The number of hydrogen-bond acceptors (Lipinski definition) is 3. The molecular weight excluding hydrogens is 338 g/mol. The number of carbonyl (C=O) groups is 1. The summed E-state index contributed by atoms with van der Waals surface area (Å²) in [5.41, 5.74) is 0.960. The fourth-order valence-corrected chi connectivity index (χ4v) is 3.17. The number of carbonyl (C=O) groups excluding carboxylic acids is 1. The standard InChI is InChI=1S/C16H12F2N2O3S/c1-19-24(22,23)10-4-2-3-9(5-10)6-12-11-7-13(17)14(18)8-15(11)20-16(12)21/h2-8,19H,1H3,(H,20,21). The summed E-state index contributed by atoms with van der Waals surface area (Å²) in [6.45, 7) is 0. The molecular formula is C16H12F2N2O3S. The maximum absolute atomic E-state index is 13.5. The molecule has 0 spiro atoms. The molecule has 8 heteroatoms. The van der Waals surface area contributed by atoms with E-state index in [4.69, 9.17) is 0 Å². The molecule has 0 saturated heterocycles. The van der Waals surface area contributed by atoms with E-state index in [1.54, 1.807) is 6.07 Å². The fourth-order valence-electron chi connectivity index (χ4n) is 2.38. The Kier molecular flexibility index (Phi) is 3.94. The molecule has 1 amide bonds. The normalized spacial score (nSPS) is 15.5. The molecule has 0 bridgehead atoms. The van der Waals surface area contributed by atoms with E-state index in [1.807, 2.05) is 0 Å². The van der Waals surface area contributed by atoms with E-state index in [9.17, 15) is 22.0 Å². The molecule has 0 aliphatic carbocycles. The number of fused-ring (bicyclic) bond motifs is 1. The van der Waals surface area contributed by atoms with Crippen LogP contribution in [0, 0.1) is 11.6 Å². The second-order valence-corrected chi connectivity index (χ2v) is 6.99. The number of nitrogens with one attached hydrogen (secondary N) is 2. The molecule has 0 saturated carbocycles. The van der Waals surface area contributed by atoms with Gasteiger partial charge in [-0.2, -0.15) is 0 Å². The molecule has 0 aromatic heterocycles. The smallest absolute Gasteiger partial charge is 0.256 e. The van der Waals surface area contributed by atoms with Crippen LogP contribution in [0.5, 0.6) is 0 Å². The molecule has 24 heavy (non-hydrogen) atoms. The Bertz CT molecular complexity index is 985. The third kappa shape index (κ3) is 2.81. The molecule has 1 heterocycles. The van der Waals surface area contributed by atoms with Gasteiger partial charge in [-0.15, -0.1) is 0 Å². The molecule has 3 rings (SSSR count). The van der Waals surface area contributed by atoms with Gasteiger partial charge in [-0.1, -0.05) is 12.1 Å². The van der Waals surface area contributed by atoms with Crippen LogP contribution in [0.25, 0.3) is 11.6 Å². The Morgan fingerprint density at radius 1 is 1.12 bits per heavy atom. The summed E-state index contributed by atoms with van der Waals surface area (Å²) in [5, 5.41) is 2.45. The Labute approximate surface area is 137 Å². The highest BCUT2D eigenvalue weighted by atomic mass is 32.2. The minimum atomic E-state index is -3.63. The summed E-state index contributed by atoms with van der Waals surface area (Å²) in [7, 11) is -2.34. The van der Waals surface area contributed by atoms with Crippen LogP contribution in [0.1, 0.15) is 11.1 Å². The van der Waals surface area contributed by atoms with Crippen LogP contribution in [0.4, 0.5) is 14.5 Å². The van der Waals surface area contributed by atoms with Gasteiger partial charge in [0.15, 0.2) is 11.6 Å². The van der Waals surface area contributed by atoms with E-state index < -0.39 is 27.6 Å². The van der Waals surface area contributed by atoms with Gasteiger partial charge in [0.2, 0.25) is 10.0 Å². The van der Waals surface area contributed by atoms with Crippen molar-refractivity contribution in [1.29, 1.82) is 0 Å². The monoisotopic (exact) mass is 350 g/mol. The number of anilines is 1. The Morgan fingerprint density at radius 3 is 2.54 bits per heavy atom. The zero-order valence-electron chi connectivity index (χ0n) is 12.4. The zero-order chi connectivity index (χ0) is 17.5. The predicted molar refractivity (Wildman–Crippen MR) is 85.5 cm³/mol. The highest BCUT2D eigenvalue weighted by Gasteiger charge is 2.26. The van der Waals surface area contributed by atoms with Crippen LogP contribution in [0.3, 0.4) is 0 Å². The molecule has 1 aliphatic heterocycles. The van der Waals surface area contributed by atoms with E-state index in [-0.39, 0.29) is 21.7 Å². The highest BCUT2D eigenvalue weighted by Crippen LogP contribution is 2.34. The molecule has 2 aromatic carbocycles. The topological polar surface area (TPSA) is 75.3 Å². The zero-order valence-corrected chi connectivity index (χ0v) is 13.2. The SMILES string of the molecule is CNS(=O)(=O)c1cccc(C=C2C(=O)Nc3cc(F)c(F)cc32)c1. The first-order valence-corrected chi connectivity index (χ1v) is 8.36. The molecule has 1 aliphatic rings. The maximum atomic E-state index is 13.5. The second-order valence-electron chi connectivity index (χ2n) is 5.10. The predicted octanol–water partition coefficient (Wildman–Crippen LogP) is 2.37. The van der Waals surface area contributed by atoms with Crippen LogP contribution in [0.15, 0.2) is 41.3 Å². The molecule has 124 valence electrons. The van der Waals surface area contributed by atoms with Crippen LogP contribution in [-0.4, -0.2) is 21.4 Å². The van der Waals surface area contributed by atoms with Crippen molar-refractivity contribution < 1.29 is 22.0 Å². The maximum Gasteiger partial charge on any atom is 0.256 e. The summed E-state index contributed by atoms with van der Waals surface area (Å²) < 4.78 is 52.6. The van der Waals surface area contributed by atoms with E-state index in [2.05, 4.69) is 10.0 Å². The van der Waals surface area contributed by atoms with Gasteiger partial charge < -0.3 is 5.32 Å². The third-order valence-corrected chi connectivity index (χ3v) is 5.00. The van der Waals surface area contributed by atoms with Gasteiger partial charge in [0.25, 0.3) is 5.91 Å². The lowest BCUT2D eigenvalue weighted by molar-refractivity contribution is -0.110. The Balaban J connectivity index is 2.10. The largest absolute Gasteiger partial charge is 0.321 e. The molecule has 5 nitrogen and oxygen atoms in total. The molecule has 0 radical (unpaired) electrons. The first-order valence-electron chi connectivity index (χ1n) is 6.88. The summed E-state index contributed by atoms with van der Waals surface area (Å²) in [6.07, 6.45) is 1.42. The summed E-state index contributed by atoms with van der Waals surface area (Å²) >= 11 is 0. The first kappa shape index (κ1) is 16.3. The van der Waals surface area contributed by atoms with Gasteiger partial charge in [0, 0.05) is 17.2 Å². The van der Waals surface area contributed by atoms with Crippen molar-refractivity contribution in [3.05, 3.63) is 59.2 Å². The number of hydrogen-bond donors (Lipinski definition) is 2. The molecule has 0 fully saturated rings. The van der Waals surface area contributed by atoms with E-state index >= 15 is 0 Å². The quantitative estimate of drug-likeness (QED) is 0.835. The average molecular weight is 350 g/mol. The Hall–Kier alpha value is -2.58. The molecule has 2 N–H and O–H groups in total. The van der Waals surface area contributed by atoms with E-state index in [1.165, 1.54) is 31.3 Å². The number of sulfonamides is 1. The van der Waals surface area contributed by atoms with Crippen molar-refractivity contribution in [1.82, 2.24) is 4.72 Å². The number of amides is 1. The van der Waals surface area contributed by atoms with Crippen LogP contribution < -0.4 is 10.0 Å². The van der Waals surface area contributed by atoms with E-state index in [0.717, 1.165) is 12.1 Å². The Morgan fingerprint density at radius 2 is 1.83 bits per heavy atom. The minimum absolute atomic E-state index is 0.0308.